The molecule has 1 aromatic rings. The van der Waals surface area contributed by atoms with Gasteiger partial charge < -0.3 is 34.0 Å². The van der Waals surface area contributed by atoms with Gasteiger partial charge in [-0.25, -0.2) is 0 Å². The molecular weight excluding hydrogens is 514 g/mol. The lowest BCUT2D eigenvalue weighted by molar-refractivity contribution is -0.278. The largest absolute Gasteiger partial charge is 0.463 e. The van der Waals surface area contributed by atoms with E-state index in [4.69, 9.17) is 23.8 Å². The molecule has 0 spiro atoms. The molecule has 0 unspecified atom stereocenters. The first-order chi connectivity index (χ1) is 18.4. The summed E-state index contributed by atoms with van der Waals surface area (Å²) in [5, 5.41) is 6.71. The first-order valence-corrected chi connectivity index (χ1v) is 12.5. The van der Waals surface area contributed by atoms with Crippen molar-refractivity contribution >= 4 is 41.1 Å². The van der Waals surface area contributed by atoms with E-state index in [1.807, 2.05) is 26.0 Å². The Balaban J connectivity index is 2.02. The number of oxime groups is 1. The van der Waals surface area contributed by atoms with E-state index in [1.165, 1.54) is 13.8 Å². The van der Waals surface area contributed by atoms with Crippen LogP contribution in [0.15, 0.2) is 23.4 Å². The van der Waals surface area contributed by atoms with Gasteiger partial charge in [0.05, 0.1) is 5.69 Å². The molecule has 2 amide bonds. The van der Waals surface area contributed by atoms with Crippen molar-refractivity contribution in [2.75, 3.05) is 18.1 Å². The van der Waals surface area contributed by atoms with Gasteiger partial charge in [0.15, 0.2) is 17.9 Å². The normalized spacial score (nSPS) is 25.1. The number of aryl methyl sites for hydroxylation is 1. The Hall–Kier alpha value is -4.00. The Kier molecular flexibility index (Phi) is 9.62. The number of amides is 2. The van der Waals surface area contributed by atoms with Gasteiger partial charge in [0.25, 0.3) is 12.2 Å². The number of carbonyl (C=O) groups is 5. The predicted octanol–water partition coefficient (Wildman–Crippen LogP) is 1.13. The third kappa shape index (κ3) is 7.11. The summed E-state index contributed by atoms with van der Waals surface area (Å²) in [6.07, 6.45) is -4.46. The Labute approximate surface area is 225 Å². The quantitative estimate of drug-likeness (QED) is 0.270. The average molecular weight is 548 g/mol. The van der Waals surface area contributed by atoms with Gasteiger partial charge in [0, 0.05) is 39.8 Å². The van der Waals surface area contributed by atoms with Crippen molar-refractivity contribution < 1.29 is 47.8 Å². The number of anilines is 1. The maximum Gasteiger partial charge on any atom is 0.303 e. The molecule has 1 saturated heterocycles. The minimum absolute atomic E-state index is 0.0232. The lowest BCUT2D eigenvalue weighted by Crippen LogP contribution is -2.66. The smallest absolute Gasteiger partial charge is 0.303 e. The number of carbonyl (C=O) groups excluding carboxylic acids is 5. The van der Waals surface area contributed by atoms with Gasteiger partial charge in [-0.3, -0.25) is 24.0 Å². The summed E-state index contributed by atoms with van der Waals surface area (Å²) in [5.41, 5.74) is 2.16. The molecule has 2 aliphatic heterocycles. The van der Waals surface area contributed by atoms with Crippen LogP contribution in [0.3, 0.4) is 0 Å². The summed E-state index contributed by atoms with van der Waals surface area (Å²) < 4.78 is 21.8. The number of nitrogens with one attached hydrogen (secondary N) is 1. The fourth-order valence-electron chi connectivity index (χ4n) is 4.45. The molecule has 1 aromatic carbocycles. The average Bonchev–Trinajstić information content (AvgIpc) is 3.09. The number of hydrogen-bond donors (Lipinski definition) is 1. The molecule has 2 heterocycles. The molecule has 212 valence electrons. The van der Waals surface area contributed by atoms with Gasteiger partial charge in [-0.15, -0.1) is 0 Å². The van der Waals surface area contributed by atoms with E-state index in [0.29, 0.717) is 24.2 Å². The summed E-state index contributed by atoms with van der Waals surface area (Å²) in [6, 6.07) is 4.30. The number of fused-ring (bicyclic) bond motifs is 1. The number of benzene rings is 1. The first kappa shape index (κ1) is 29.6. The summed E-state index contributed by atoms with van der Waals surface area (Å²) in [4.78, 5) is 68.1. The Bertz CT molecular complexity index is 1170. The Morgan fingerprint density at radius 1 is 1.03 bits per heavy atom. The van der Waals surface area contributed by atoms with Crippen LogP contribution in [0.25, 0.3) is 0 Å². The van der Waals surface area contributed by atoms with Crippen molar-refractivity contribution in [2.24, 2.45) is 5.16 Å². The molecule has 0 aliphatic carbocycles. The molecule has 13 heteroatoms. The summed E-state index contributed by atoms with van der Waals surface area (Å²) in [6.45, 7) is 8.58. The van der Waals surface area contributed by atoms with Crippen molar-refractivity contribution in [3.63, 3.8) is 0 Å². The van der Waals surface area contributed by atoms with Gasteiger partial charge in [0.2, 0.25) is 5.91 Å². The van der Waals surface area contributed by atoms with Crippen LogP contribution in [0, 0.1) is 6.92 Å². The fourth-order valence-corrected chi connectivity index (χ4v) is 4.45. The topological polar surface area (TPSA) is 159 Å². The van der Waals surface area contributed by atoms with Crippen molar-refractivity contribution in [3.05, 3.63) is 29.3 Å². The van der Waals surface area contributed by atoms with Crippen LogP contribution in [0.5, 0.6) is 0 Å². The van der Waals surface area contributed by atoms with Crippen LogP contribution in [0.1, 0.15) is 52.2 Å². The van der Waals surface area contributed by atoms with E-state index in [1.54, 1.807) is 11.0 Å². The number of rotatable bonds is 9. The number of hydrogen-bond acceptors (Lipinski definition) is 11. The number of nitrogens with zero attached hydrogens (tertiary/aromatic N) is 2. The molecule has 2 aliphatic rings. The van der Waals surface area contributed by atoms with E-state index in [0.717, 1.165) is 19.4 Å². The molecular formula is C26H33N3O10. The van der Waals surface area contributed by atoms with E-state index in [-0.39, 0.29) is 18.2 Å². The van der Waals surface area contributed by atoms with E-state index in [2.05, 4.69) is 10.5 Å². The maximum atomic E-state index is 13.2. The van der Waals surface area contributed by atoms with Gasteiger partial charge in [-0.05, 0) is 25.5 Å². The highest BCUT2D eigenvalue weighted by atomic mass is 16.8. The molecule has 3 rings (SSSR count). The SMILES string of the molecule is CCCN1C(=O)/C(=N/O[C@@H]2O[C@H](COC(C)=O)[C@H](OC(C)=O)[C@@H](OC(C)=O)[C@H]2NC(C)=O)c2cc(C)ccc21. The van der Waals surface area contributed by atoms with Crippen LogP contribution >= 0.6 is 0 Å². The van der Waals surface area contributed by atoms with Gasteiger partial charge in [-0.1, -0.05) is 23.7 Å². The maximum absolute atomic E-state index is 13.2. The van der Waals surface area contributed by atoms with Crippen LogP contribution in [0.4, 0.5) is 5.69 Å². The van der Waals surface area contributed by atoms with Gasteiger partial charge >= 0.3 is 17.9 Å². The molecule has 1 N–H and O–H groups in total. The monoisotopic (exact) mass is 547 g/mol. The molecule has 39 heavy (non-hydrogen) atoms. The molecule has 1 fully saturated rings. The lowest BCUT2D eigenvalue weighted by Gasteiger charge is -2.43. The second-order valence-corrected chi connectivity index (χ2v) is 9.24. The highest BCUT2D eigenvalue weighted by Crippen LogP contribution is 2.32. The Morgan fingerprint density at radius 3 is 2.28 bits per heavy atom. The summed E-state index contributed by atoms with van der Waals surface area (Å²) in [7, 11) is 0. The van der Waals surface area contributed by atoms with Crippen molar-refractivity contribution in [3.8, 4) is 0 Å². The van der Waals surface area contributed by atoms with Crippen LogP contribution in [0.2, 0.25) is 0 Å². The second kappa shape index (κ2) is 12.7. The predicted molar refractivity (Wildman–Crippen MR) is 135 cm³/mol. The van der Waals surface area contributed by atoms with Crippen molar-refractivity contribution in [1.29, 1.82) is 0 Å². The summed E-state index contributed by atoms with van der Waals surface area (Å²) >= 11 is 0. The molecule has 0 saturated carbocycles. The van der Waals surface area contributed by atoms with Gasteiger partial charge in [-0.2, -0.15) is 0 Å². The van der Waals surface area contributed by atoms with Crippen LogP contribution in [-0.2, 0) is 47.8 Å². The molecule has 5 atom stereocenters. The lowest BCUT2D eigenvalue weighted by atomic mass is 9.96. The molecule has 0 radical (unpaired) electrons. The highest BCUT2D eigenvalue weighted by molar-refractivity contribution is 6.54. The molecule has 0 aromatic heterocycles. The minimum atomic E-state index is -1.43. The fraction of sp³-hybridized carbons (Fsp3) is 0.538. The highest BCUT2D eigenvalue weighted by Gasteiger charge is 2.52. The van der Waals surface area contributed by atoms with Crippen LogP contribution in [-0.4, -0.2) is 79.2 Å². The zero-order valence-corrected chi connectivity index (χ0v) is 22.7. The number of ether oxygens (including phenoxy) is 4. The van der Waals surface area contributed by atoms with E-state index in [9.17, 15) is 24.0 Å². The van der Waals surface area contributed by atoms with E-state index >= 15 is 0 Å². The molecule has 0 bridgehead atoms. The number of esters is 3. The van der Waals surface area contributed by atoms with Gasteiger partial charge in [0.1, 0.15) is 18.8 Å². The zero-order valence-electron chi connectivity index (χ0n) is 22.7. The second-order valence-electron chi connectivity index (χ2n) is 9.24. The van der Waals surface area contributed by atoms with E-state index < -0.39 is 54.5 Å². The summed E-state index contributed by atoms with van der Waals surface area (Å²) in [5.74, 6) is -3.01. The first-order valence-electron chi connectivity index (χ1n) is 12.5. The standard InChI is InChI=1S/C26H33N3O10/c1-7-10-29-19-9-8-13(2)11-18(19)21(25(29)34)28-39-26-22(27-14(3)30)24(37-17(6)33)23(36-16(5)32)20(38-26)12-35-15(4)31/h8-9,11,20,22-24,26H,7,10,12H2,1-6H3,(H,27,30)/b28-21+/t20-,22-,23+,24+,26+/m1/s1. The Morgan fingerprint density at radius 2 is 1.69 bits per heavy atom. The third-order valence-electron chi connectivity index (χ3n) is 5.91. The van der Waals surface area contributed by atoms with Crippen molar-refractivity contribution in [2.45, 2.75) is 78.6 Å². The zero-order chi connectivity index (χ0) is 28.9. The van der Waals surface area contributed by atoms with Crippen LogP contribution < -0.4 is 10.2 Å². The van der Waals surface area contributed by atoms with Crippen molar-refractivity contribution in [1.82, 2.24) is 5.32 Å². The molecule has 13 nitrogen and oxygen atoms in total. The third-order valence-corrected chi connectivity index (χ3v) is 5.91. The minimum Gasteiger partial charge on any atom is -0.463 e.